The molecule has 0 N–H and O–H groups in total. The number of benzene rings is 4. The number of hydrogen-bond acceptors (Lipinski definition) is 1. The summed E-state index contributed by atoms with van der Waals surface area (Å²) in [6.07, 6.45) is 0.754. The second kappa shape index (κ2) is 6.16. The van der Waals surface area contributed by atoms with Crippen LogP contribution in [-0.4, -0.2) is 0 Å². The molecule has 2 nitrogen and oxygen atoms in total. The highest BCUT2D eigenvalue weighted by Gasteiger charge is 2.21. The number of hydrogen-bond donors (Lipinski definition) is 0. The van der Waals surface area contributed by atoms with E-state index in [4.69, 9.17) is 22.9 Å². The van der Waals surface area contributed by atoms with E-state index in [2.05, 4.69) is 23.0 Å². The molecule has 0 atom stereocenters. The minimum atomic E-state index is 0.651. The molecule has 128 valence electrons. The first kappa shape index (κ1) is 15.9. The maximum atomic E-state index is 7.41. The van der Waals surface area contributed by atoms with Gasteiger partial charge in [0.15, 0.2) is 5.69 Å². The van der Waals surface area contributed by atoms with Crippen molar-refractivity contribution in [3.8, 4) is 22.6 Å². The maximum Gasteiger partial charge on any atom is 0.195 e. The molecule has 1 aliphatic heterocycles. The smallest absolute Gasteiger partial charge is 0.195 e. The average molecular weight is 368 g/mol. The Balaban J connectivity index is 1.64. The summed E-state index contributed by atoms with van der Waals surface area (Å²) >= 11 is 6.31. The third kappa shape index (κ3) is 2.56. The van der Waals surface area contributed by atoms with Gasteiger partial charge < -0.3 is 4.74 Å². The zero-order chi connectivity index (χ0) is 18.4. The fourth-order valence-corrected chi connectivity index (χ4v) is 3.93. The summed E-state index contributed by atoms with van der Waals surface area (Å²) in [5, 5.41) is 2.72. The number of fused-ring (bicyclic) bond motifs is 2. The largest absolute Gasteiger partial charge is 0.456 e. The van der Waals surface area contributed by atoms with Gasteiger partial charge in [-0.05, 0) is 46.7 Å². The summed E-state index contributed by atoms with van der Waals surface area (Å²) in [6, 6.07) is 24.0. The lowest BCUT2D eigenvalue weighted by Crippen LogP contribution is -1.99. The van der Waals surface area contributed by atoms with Crippen molar-refractivity contribution in [3.63, 3.8) is 0 Å². The predicted octanol–water partition coefficient (Wildman–Crippen LogP) is 7.41. The third-order valence-electron chi connectivity index (χ3n) is 5.01. The van der Waals surface area contributed by atoms with Gasteiger partial charge in [-0.15, -0.1) is 0 Å². The van der Waals surface area contributed by atoms with Crippen LogP contribution in [0.5, 0.6) is 11.5 Å². The summed E-state index contributed by atoms with van der Waals surface area (Å²) < 4.78 is 6.22. The molecule has 4 aromatic rings. The molecule has 0 spiro atoms. The molecule has 0 saturated heterocycles. The molecule has 27 heavy (non-hydrogen) atoms. The van der Waals surface area contributed by atoms with E-state index in [1.54, 1.807) is 0 Å². The highest BCUT2D eigenvalue weighted by Crippen LogP contribution is 2.48. The second-order valence-corrected chi connectivity index (χ2v) is 7.03. The topological polar surface area (TPSA) is 13.6 Å². The molecule has 0 saturated carbocycles. The van der Waals surface area contributed by atoms with Gasteiger partial charge in [-0.3, -0.25) is 0 Å². The molecule has 3 heteroatoms. The third-order valence-corrected chi connectivity index (χ3v) is 5.38. The van der Waals surface area contributed by atoms with Crippen LogP contribution in [0.4, 0.5) is 5.69 Å². The van der Waals surface area contributed by atoms with Crippen LogP contribution in [0.15, 0.2) is 72.8 Å². The van der Waals surface area contributed by atoms with Gasteiger partial charge in [-0.25, -0.2) is 4.85 Å². The summed E-state index contributed by atoms with van der Waals surface area (Å²) in [4.78, 5) is 3.65. The van der Waals surface area contributed by atoms with E-state index >= 15 is 0 Å². The first-order valence-corrected chi connectivity index (χ1v) is 9.10. The Labute approximate surface area is 162 Å². The van der Waals surface area contributed by atoms with Crippen molar-refractivity contribution in [2.24, 2.45) is 0 Å². The molecule has 1 aliphatic rings. The standard InChI is InChI=1S/C24H14ClNO/c1-26-21-12-11-18-17-10-9-15(13-16-5-2-3-7-20(16)25)14-23(17)27-22-8-4-6-19(21)24(18)22/h2-12,14H,13H2. The maximum absolute atomic E-state index is 7.41. The molecule has 0 amide bonds. The van der Waals surface area contributed by atoms with Crippen LogP contribution < -0.4 is 4.74 Å². The van der Waals surface area contributed by atoms with Gasteiger partial charge in [0.2, 0.25) is 0 Å². The highest BCUT2D eigenvalue weighted by molar-refractivity contribution is 6.31. The second-order valence-electron chi connectivity index (χ2n) is 6.62. The van der Waals surface area contributed by atoms with Crippen LogP contribution in [0.1, 0.15) is 11.1 Å². The molecule has 0 unspecified atom stereocenters. The van der Waals surface area contributed by atoms with E-state index in [-0.39, 0.29) is 0 Å². The average Bonchev–Trinajstić information content (AvgIpc) is 2.70. The van der Waals surface area contributed by atoms with E-state index < -0.39 is 0 Å². The number of nitrogens with zero attached hydrogens (tertiary/aromatic N) is 1. The Bertz CT molecular complexity index is 1250. The Morgan fingerprint density at radius 3 is 2.56 bits per heavy atom. The van der Waals surface area contributed by atoms with Crippen molar-refractivity contribution in [2.75, 3.05) is 0 Å². The molecule has 4 aromatic carbocycles. The van der Waals surface area contributed by atoms with E-state index in [9.17, 15) is 0 Å². The van der Waals surface area contributed by atoms with Gasteiger partial charge in [-0.2, -0.15) is 0 Å². The first-order valence-electron chi connectivity index (χ1n) is 8.72. The highest BCUT2D eigenvalue weighted by atomic mass is 35.5. The van der Waals surface area contributed by atoms with Crippen molar-refractivity contribution in [3.05, 3.63) is 100 Å². The van der Waals surface area contributed by atoms with Crippen LogP contribution in [0.3, 0.4) is 0 Å². The fourth-order valence-electron chi connectivity index (χ4n) is 3.73. The van der Waals surface area contributed by atoms with Crippen LogP contribution in [0.2, 0.25) is 5.02 Å². The first-order chi connectivity index (χ1) is 13.2. The molecule has 1 heterocycles. The van der Waals surface area contributed by atoms with Crippen molar-refractivity contribution in [1.29, 1.82) is 0 Å². The lowest BCUT2D eigenvalue weighted by atomic mass is 9.92. The van der Waals surface area contributed by atoms with Crippen LogP contribution >= 0.6 is 11.6 Å². The molecular formula is C24H14ClNO. The van der Waals surface area contributed by atoms with Gasteiger partial charge in [0, 0.05) is 16.0 Å². The lowest BCUT2D eigenvalue weighted by Gasteiger charge is -2.22. The Morgan fingerprint density at radius 2 is 1.70 bits per heavy atom. The summed E-state index contributed by atoms with van der Waals surface area (Å²) in [7, 11) is 0. The summed E-state index contributed by atoms with van der Waals surface area (Å²) in [6.45, 7) is 7.41. The minimum Gasteiger partial charge on any atom is -0.456 e. The van der Waals surface area contributed by atoms with Gasteiger partial charge in [0.25, 0.3) is 0 Å². The molecular weight excluding hydrogens is 354 g/mol. The zero-order valence-electron chi connectivity index (χ0n) is 14.4. The molecule has 0 radical (unpaired) electrons. The SMILES string of the molecule is [C-]#[N+]c1ccc2c3c(cccc13)Oc1cc(Cc3ccccc3Cl)ccc1-2. The van der Waals surface area contributed by atoms with Crippen molar-refractivity contribution in [1.82, 2.24) is 0 Å². The van der Waals surface area contributed by atoms with E-state index in [0.717, 1.165) is 56.0 Å². The van der Waals surface area contributed by atoms with Gasteiger partial charge in [-0.1, -0.05) is 66.2 Å². The molecule has 0 aromatic heterocycles. The quantitative estimate of drug-likeness (QED) is 0.296. The Morgan fingerprint density at radius 1 is 0.852 bits per heavy atom. The summed E-state index contributed by atoms with van der Waals surface area (Å²) in [5.41, 5.74) is 5.06. The Kier molecular flexibility index (Phi) is 3.63. The van der Waals surface area contributed by atoms with E-state index in [1.807, 2.05) is 54.6 Å². The number of halogens is 1. The lowest BCUT2D eigenvalue weighted by molar-refractivity contribution is 0.486. The fraction of sp³-hybridized carbons (Fsp3) is 0.0417. The van der Waals surface area contributed by atoms with Crippen molar-refractivity contribution >= 4 is 28.1 Å². The number of ether oxygens (including phenoxy) is 1. The molecule has 0 aliphatic carbocycles. The zero-order valence-corrected chi connectivity index (χ0v) is 15.1. The van der Waals surface area contributed by atoms with Crippen LogP contribution in [0, 0.1) is 6.57 Å². The van der Waals surface area contributed by atoms with E-state index in [1.165, 1.54) is 0 Å². The van der Waals surface area contributed by atoms with Crippen molar-refractivity contribution < 1.29 is 4.74 Å². The number of rotatable bonds is 2. The van der Waals surface area contributed by atoms with Crippen molar-refractivity contribution in [2.45, 2.75) is 6.42 Å². The Hall–Kier alpha value is -3.28. The molecule has 0 fully saturated rings. The monoisotopic (exact) mass is 367 g/mol. The van der Waals surface area contributed by atoms with Gasteiger partial charge >= 0.3 is 0 Å². The molecule has 5 rings (SSSR count). The van der Waals surface area contributed by atoms with Gasteiger partial charge in [0.1, 0.15) is 11.5 Å². The minimum absolute atomic E-state index is 0.651. The summed E-state index contributed by atoms with van der Waals surface area (Å²) in [5.74, 6) is 1.64. The molecule has 0 bridgehead atoms. The van der Waals surface area contributed by atoms with E-state index in [0.29, 0.717) is 5.69 Å². The van der Waals surface area contributed by atoms with Crippen LogP contribution in [-0.2, 0) is 6.42 Å². The van der Waals surface area contributed by atoms with Crippen LogP contribution in [0.25, 0.3) is 26.7 Å². The normalized spacial score (nSPS) is 11.6. The predicted molar refractivity (Wildman–Crippen MR) is 110 cm³/mol. The van der Waals surface area contributed by atoms with Gasteiger partial charge in [0.05, 0.1) is 6.57 Å².